The fourth-order valence-electron chi connectivity index (χ4n) is 3.38. The number of amides is 2. The number of carbonyl (C=O) groups excluding carboxylic acids is 3. The van der Waals surface area contributed by atoms with Crippen LogP contribution < -0.4 is 15.0 Å². The summed E-state index contributed by atoms with van der Waals surface area (Å²) in [6.45, 7) is 0. The minimum absolute atomic E-state index is 0.0000218. The van der Waals surface area contributed by atoms with Gasteiger partial charge in [0.05, 0.1) is 26.8 Å². The van der Waals surface area contributed by atoms with Crippen LogP contribution in [0.3, 0.4) is 0 Å². The standard InChI is InChI=1S/C24H12Cl2F3N3O6/c25-15-10-7-13(24(27,28)29)11-17(15)31-21(33)19(26)20(22(31)34)30-14-8-5-12(6-9-14)23(35)38-18-4-2-1-3-16(18)32(36)37/h1-11,30H. The van der Waals surface area contributed by atoms with Crippen molar-refractivity contribution in [2.75, 3.05) is 10.2 Å². The van der Waals surface area contributed by atoms with E-state index in [-0.39, 0.29) is 22.0 Å². The highest BCUT2D eigenvalue weighted by atomic mass is 35.5. The Morgan fingerprint density at radius 3 is 2.26 bits per heavy atom. The summed E-state index contributed by atoms with van der Waals surface area (Å²) in [6, 6.07) is 12.7. The molecule has 1 N–H and O–H groups in total. The van der Waals surface area contributed by atoms with Gasteiger partial charge in [0, 0.05) is 11.8 Å². The molecule has 0 unspecified atom stereocenters. The van der Waals surface area contributed by atoms with Gasteiger partial charge in [-0.1, -0.05) is 35.3 Å². The zero-order chi connectivity index (χ0) is 27.8. The second-order valence-corrected chi connectivity index (χ2v) is 8.40. The lowest BCUT2D eigenvalue weighted by atomic mass is 10.1. The molecule has 38 heavy (non-hydrogen) atoms. The predicted octanol–water partition coefficient (Wildman–Crippen LogP) is 5.92. The van der Waals surface area contributed by atoms with Gasteiger partial charge in [-0.2, -0.15) is 13.2 Å². The van der Waals surface area contributed by atoms with Crippen molar-refractivity contribution in [1.82, 2.24) is 0 Å². The zero-order valence-corrected chi connectivity index (χ0v) is 20.1. The van der Waals surface area contributed by atoms with Gasteiger partial charge in [0.25, 0.3) is 11.8 Å². The topological polar surface area (TPSA) is 119 Å². The van der Waals surface area contributed by atoms with Crippen LogP contribution in [0.4, 0.5) is 30.2 Å². The van der Waals surface area contributed by atoms with Crippen molar-refractivity contribution < 1.29 is 37.2 Å². The average molecular weight is 566 g/mol. The molecule has 0 bridgehead atoms. The molecule has 0 radical (unpaired) electrons. The van der Waals surface area contributed by atoms with Gasteiger partial charge in [-0.05, 0) is 48.5 Å². The second-order valence-electron chi connectivity index (χ2n) is 7.62. The summed E-state index contributed by atoms with van der Waals surface area (Å²) in [7, 11) is 0. The number of para-hydroxylation sites is 2. The summed E-state index contributed by atoms with van der Waals surface area (Å²) in [5.41, 5.74) is -2.28. The lowest BCUT2D eigenvalue weighted by molar-refractivity contribution is -0.385. The first-order chi connectivity index (χ1) is 17.9. The van der Waals surface area contributed by atoms with Crippen LogP contribution in [0.5, 0.6) is 5.75 Å². The number of alkyl halides is 3. The molecule has 0 saturated heterocycles. The van der Waals surface area contributed by atoms with Crippen molar-refractivity contribution in [3.8, 4) is 5.75 Å². The number of nitrogens with one attached hydrogen (secondary N) is 1. The lowest BCUT2D eigenvalue weighted by Crippen LogP contribution is -2.32. The third-order valence-electron chi connectivity index (χ3n) is 5.20. The molecule has 1 aliphatic rings. The van der Waals surface area contributed by atoms with E-state index in [1.807, 2.05) is 0 Å². The summed E-state index contributed by atoms with van der Waals surface area (Å²) in [4.78, 5) is 48.8. The number of benzene rings is 3. The van der Waals surface area contributed by atoms with E-state index in [2.05, 4.69) is 5.32 Å². The number of halogens is 5. The number of carbonyl (C=O) groups is 3. The quantitative estimate of drug-likeness (QED) is 0.129. The third kappa shape index (κ3) is 5.17. The van der Waals surface area contributed by atoms with Crippen LogP contribution in [0, 0.1) is 10.1 Å². The largest absolute Gasteiger partial charge is 0.416 e. The van der Waals surface area contributed by atoms with E-state index in [0.29, 0.717) is 17.0 Å². The Kier molecular flexibility index (Phi) is 7.11. The minimum atomic E-state index is -4.75. The van der Waals surface area contributed by atoms with Crippen molar-refractivity contribution in [3.63, 3.8) is 0 Å². The van der Waals surface area contributed by atoms with E-state index in [1.165, 1.54) is 48.5 Å². The van der Waals surface area contributed by atoms with E-state index in [1.54, 1.807) is 0 Å². The molecule has 3 aromatic rings. The van der Waals surface area contributed by atoms with Crippen LogP contribution in [-0.4, -0.2) is 22.7 Å². The summed E-state index contributed by atoms with van der Waals surface area (Å²) in [5, 5.41) is 12.8. The van der Waals surface area contributed by atoms with Crippen LogP contribution in [0.1, 0.15) is 15.9 Å². The molecule has 9 nitrogen and oxygen atoms in total. The molecule has 0 fully saturated rings. The van der Waals surface area contributed by atoms with Crippen molar-refractivity contribution >= 4 is 58.0 Å². The Balaban J connectivity index is 1.53. The van der Waals surface area contributed by atoms with Crippen LogP contribution in [0.15, 0.2) is 77.5 Å². The molecular formula is C24H12Cl2F3N3O6. The first kappa shape index (κ1) is 26.6. The molecule has 3 aromatic carbocycles. The number of hydrogen-bond donors (Lipinski definition) is 1. The van der Waals surface area contributed by atoms with Crippen LogP contribution >= 0.6 is 23.2 Å². The van der Waals surface area contributed by atoms with Crippen LogP contribution in [0.25, 0.3) is 0 Å². The number of esters is 1. The first-order valence-electron chi connectivity index (χ1n) is 10.4. The molecule has 0 spiro atoms. The van der Waals surface area contributed by atoms with Gasteiger partial charge in [0.1, 0.15) is 10.7 Å². The summed E-state index contributed by atoms with van der Waals surface area (Å²) < 4.78 is 44.5. The Labute approximate surface area is 221 Å². The molecule has 2 amide bonds. The molecule has 4 rings (SSSR count). The fraction of sp³-hybridized carbons (Fsp3) is 0.0417. The van der Waals surface area contributed by atoms with E-state index in [4.69, 9.17) is 27.9 Å². The smallest absolute Gasteiger partial charge is 0.416 e. The van der Waals surface area contributed by atoms with Crippen molar-refractivity contribution in [1.29, 1.82) is 0 Å². The van der Waals surface area contributed by atoms with Crippen LogP contribution in [0.2, 0.25) is 5.02 Å². The minimum Gasteiger partial charge on any atom is -0.416 e. The molecule has 1 aliphatic heterocycles. The number of imide groups is 1. The van der Waals surface area contributed by atoms with Gasteiger partial charge in [0.15, 0.2) is 0 Å². The van der Waals surface area contributed by atoms with Gasteiger partial charge in [-0.3, -0.25) is 19.7 Å². The Hall–Kier alpha value is -4.42. The average Bonchev–Trinajstić information content (AvgIpc) is 3.07. The molecule has 0 aliphatic carbocycles. The Morgan fingerprint density at radius 2 is 1.63 bits per heavy atom. The molecule has 194 valence electrons. The number of nitro groups is 1. The summed E-state index contributed by atoms with van der Waals surface area (Å²) >= 11 is 12.0. The van der Waals surface area contributed by atoms with Crippen molar-refractivity contribution in [3.05, 3.63) is 104 Å². The molecule has 1 heterocycles. The Bertz CT molecular complexity index is 1520. The van der Waals surface area contributed by atoms with Gasteiger partial charge >= 0.3 is 17.8 Å². The maximum Gasteiger partial charge on any atom is 0.416 e. The van der Waals surface area contributed by atoms with E-state index >= 15 is 0 Å². The monoisotopic (exact) mass is 565 g/mol. The number of hydrogen-bond acceptors (Lipinski definition) is 7. The number of nitrogens with zero attached hydrogens (tertiary/aromatic N) is 2. The lowest BCUT2D eigenvalue weighted by Gasteiger charge is -2.18. The first-order valence-corrected chi connectivity index (χ1v) is 11.1. The van der Waals surface area contributed by atoms with Gasteiger partial charge < -0.3 is 10.1 Å². The SMILES string of the molecule is O=C(Oc1ccccc1[N+](=O)[O-])c1ccc(NC2=C(Cl)C(=O)N(c3cc(C(F)(F)F)ccc3Cl)C2=O)cc1. The maximum atomic E-state index is 13.1. The highest BCUT2D eigenvalue weighted by Gasteiger charge is 2.41. The predicted molar refractivity (Wildman–Crippen MR) is 130 cm³/mol. The molecule has 0 saturated carbocycles. The molecular weight excluding hydrogens is 554 g/mol. The van der Waals surface area contributed by atoms with Crippen molar-refractivity contribution in [2.24, 2.45) is 0 Å². The van der Waals surface area contributed by atoms with E-state index in [9.17, 15) is 37.7 Å². The maximum absolute atomic E-state index is 13.1. The summed E-state index contributed by atoms with van der Waals surface area (Å²) in [5.74, 6) is -3.31. The summed E-state index contributed by atoms with van der Waals surface area (Å²) in [6.07, 6.45) is -4.75. The Morgan fingerprint density at radius 1 is 0.974 bits per heavy atom. The van der Waals surface area contributed by atoms with E-state index < -0.39 is 56.6 Å². The number of nitro benzene ring substituents is 1. The van der Waals surface area contributed by atoms with Gasteiger partial charge in [-0.15, -0.1) is 0 Å². The number of ether oxygens (including phenoxy) is 1. The highest BCUT2D eigenvalue weighted by Crippen LogP contribution is 2.39. The highest BCUT2D eigenvalue weighted by molar-refractivity contribution is 6.53. The van der Waals surface area contributed by atoms with E-state index in [0.717, 1.165) is 6.07 Å². The third-order valence-corrected chi connectivity index (χ3v) is 5.87. The van der Waals surface area contributed by atoms with Crippen LogP contribution in [-0.2, 0) is 15.8 Å². The normalized spacial score (nSPS) is 13.7. The number of rotatable bonds is 6. The molecule has 14 heteroatoms. The second kappa shape index (κ2) is 10.1. The van der Waals surface area contributed by atoms with Gasteiger partial charge in [0.2, 0.25) is 5.75 Å². The zero-order valence-electron chi connectivity index (χ0n) is 18.6. The molecule has 0 atom stereocenters. The van der Waals surface area contributed by atoms with Gasteiger partial charge in [-0.25, -0.2) is 9.69 Å². The van der Waals surface area contributed by atoms with Crippen molar-refractivity contribution in [2.45, 2.75) is 6.18 Å². The molecule has 0 aromatic heterocycles. The fourth-order valence-corrected chi connectivity index (χ4v) is 3.79. The number of anilines is 2.